The fraction of sp³-hybridized carbons (Fsp3) is 0.667. The molecule has 1 heterocycles. The molecule has 0 bridgehead atoms. The van der Waals surface area contributed by atoms with Crippen molar-refractivity contribution in [3.05, 3.63) is 23.8 Å². The zero-order chi connectivity index (χ0) is 15.8. The van der Waals surface area contributed by atoms with Crippen molar-refractivity contribution in [2.75, 3.05) is 31.7 Å². The van der Waals surface area contributed by atoms with Gasteiger partial charge in [-0.2, -0.15) is 0 Å². The monoisotopic (exact) mass is 306 g/mol. The van der Waals surface area contributed by atoms with Crippen LogP contribution in [0, 0.1) is 0 Å². The summed E-state index contributed by atoms with van der Waals surface area (Å²) in [5.74, 6) is 0.945. The smallest absolute Gasteiger partial charge is 0.142 e. The highest BCUT2D eigenvalue weighted by Gasteiger charge is 2.24. The molecule has 124 valence electrons. The van der Waals surface area contributed by atoms with Gasteiger partial charge in [-0.1, -0.05) is 13.0 Å². The zero-order valence-corrected chi connectivity index (χ0v) is 14.0. The lowest BCUT2D eigenvalue weighted by Gasteiger charge is -2.38. The summed E-state index contributed by atoms with van der Waals surface area (Å²) >= 11 is 0. The Bertz CT molecular complexity index is 449. The fourth-order valence-corrected chi connectivity index (χ4v) is 3.25. The standard InChI is InChI=1S/C18H30N2O2/c1-3-10-19-14-15-7-8-17(18(13-15)22-2)20-11-5-4-6-16(20)9-12-21/h7-8,13,16,19,21H,3-6,9-12,14H2,1-2H3. The Morgan fingerprint density at radius 2 is 2.23 bits per heavy atom. The maximum absolute atomic E-state index is 9.31. The third kappa shape index (κ3) is 4.37. The van der Waals surface area contributed by atoms with E-state index in [0.29, 0.717) is 6.04 Å². The molecule has 0 radical (unpaired) electrons. The molecule has 1 fully saturated rings. The Kier molecular flexibility index (Phi) is 7.00. The molecule has 4 heteroatoms. The van der Waals surface area contributed by atoms with Crippen molar-refractivity contribution in [2.45, 2.75) is 51.6 Å². The Labute approximate surface area is 134 Å². The number of ether oxygens (including phenoxy) is 1. The van der Waals surface area contributed by atoms with Gasteiger partial charge >= 0.3 is 0 Å². The minimum atomic E-state index is 0.252. The molecular weight excluding hydrogens is 276 g/mol. The summed E-state index contributed by atoms with van der Waals surface area (Å²) in [4.78, 5) is 2.42. The molecule has 0 spiro atoms. The molecule has 1 unspecified atom stereocenters. The summed E-state index contributed by atoms with van der Waals surface area (Å²) in [6.07, 6.45) is 5.60. The normalized spacial score (nSPS) is 18.5. The van der Waals surface area contributed by atoms with Crippen molar-refractivity contribution < 1.29 is 9.84 Å². The van der Waals surface area contributed by atoms with Gasteiger partial charge in [0.05, 0.1) is 12.8 Å². The van der Waals surface area contributed by atoms with E-state index in [4.69, 9.17) is 4.74 Å². The van der Waals surface area contributed by atoms with Crippen LogP contribution in [0.5, 0.6) is 5.75 Å². The van der Waals surface area contributed by atoms with Crippen LogP contribution in [0.25, 0.3) is 0 Å². The Morgan fingerprint density at radius 3 is 2.95 bits per heavy atom. The van der Waals surface area contributed by atoms with Crippen molar-refractivity contribution in [1.29, 1.82) is 0 Å². The molecule has 1 aliphatic rings. The third-order valence-electron chi connectivity index (χ3n) is 4.40. The van der Waals surface area contributed by atoms with Gasteiger partial charge in [0.2, 0.25) is 0 Å². The summed E-state index contributed by atoms with van der Waals surface area (Å²) in [5, 5.41) is 12.7. The molecule has 0 saturated carbocycles. The largest absolute Gasteiger partial charge is 0.495 e. The molecular formula is C18H30N2O2. The zero-order valence-electron chi connectivity index (χ0n) is 14.0. The SMILES string of the molecule is CCCNCc1ccc(N2CCCCC2CCO)c(OC)c1. The van der Waals surface area contributed by atoms with Crippen molar-refractivity contribution in [1.82, 2.24) is 5.32 Å². The lowest BCUT2D eigenvalue weighted by Crippen LogP contribution is -2.40. The van der Waals surface area contributed by atoms with Crippen LogP contribution >= 0.6 is 0 Å². The summed E-state index contributed by atoms with van der Waals surface area (Å²) in [7, 11) is 1.74. The van der Waals surface area contributed by atoms with Crippen LogP contribution in [0.1, 0.15) is 44.6 Å². The van der Waals surface area contributed by atoms with Crippen LogP contribution in [-0.4, -0.2) is 38.0 Å². The van der Waals surface area contributed by atoms with Crippen LogP contribution in [0.15, 0.2) is 18.2 Å². The second-order valence-electron chi connectivity index (χ2n) is 6.04. The van der Waals surface area contributed by atoms with E-state index in [1.54, 1.807) is 7.11 Å². The van der Waals surface area contributed by atoms with Crippen molar-refractivity contribution in [2.24, 2.45) is 0 Å². The highest BCUT2D eigenvalue weighted by Crippen LogP contribution is 2.34. The molecule has 22 heavy (non-hydrogen) atoms. The minimum absolute atomic E-state index is 0.252. The van der Waals surface area contributed by atoms with E-state index < -0.39 is 0 Å². The molecule has 1 aromatic rings. The van der Waals surface area contributed by atoms with Gasteiger partial charge in [-0.25, -0.2) is 0 Å². The maximum Gasteiger partial charge on any atom is 0.142 e. The molecule has 1 aliphatic heterocycles. The number of nitrogens with zero attached hydrogens (tertiary/aromatic N) is 1. The first kappa shape index (κ1) is 17.1. The molecule has 0 aliphatic carbocycles. The van der Waals surface area contributed by atoms with Crippen molar-refractivity contribution in [3.8, 4) is 5.75 Å². The Balaban J connectivity index is 2.14. The van der Waals surface area contributed by atoms with Crippen LogP contribution in [-0.2, 0) is 6.54 Å². The number of benzene rings is 1. The Hall–Kier alpha value is -1.26. The first-order valence-corrected chi connectivity index (χ1v) is 8.55. The molecule has 1 atom stereocenters. The van der Waals surface area contributed by atoms with Gasteiger partial charge in [0.15, 0.2) is 0 Å². The van der Waals surface area contributed by atoms with Gasteiger partial charge in [-0.3, -0.25) is 0 Å². The average molecular weight is 306 g/mol. The average Bonchev–Trinajstić information content (AvgIpc) is 2.56. The fourth-order valence-electron chi connectivity index (χ4n) is 3.25. The van der Waals surface area contributed by atoms with Crippen LogP contribution < -0.4 is 15.0 Å². The molecule has 1 saturated heterocycles. The molecule has 0 amide bonds. The van der Waals surface area contributed by atoms with E-state index in [0.717, 1.165) is 44.6 Å². The Morgan fingerprint density at radius 1 is 1.36 bits per heavy atom. The minimum Gasteiger partial charge on any atom is -0.495 e. The van der Waals surface area contributed by atoms with E-state index >= 15 is 0 Å². The number of anilines is 1. The first-order chi connectivity index (χ1) is 10.8. The van der Waals surface area contributed by atoms with E-state index in [9.17, 15) is 5.11 Å². The van der Waals surface area contributed by atoms with Gasteiger partial charge in [0.1, 0.15) is 5.75 Å². The third-order valence-corrected chi connectivity index (χ3v) is 4.40. The summed E-state index contributed by atoms with van der Waals surface area (Å²) in [5.41, 5.74) is 2.42. The van der Waals surface area contributed by atoms with Crippen LogP contribution in [0.4, 0.5) is 5.69 Å². The number of piperidine rings is 1. The molecule has 4 nitrogen and oxygen atoms in total. The van der Waals surface area contributed by atoms with E-state index in [1.807, 2.05) is 0 Å². The van der Waals surface area contributed by atoms with Crippen molar-refractivity contribution in [3.63, 3.8) is 0 Å². The number of aliphatic hydroxyl groups excluding tert-OH is 1. The van der Waals surface area contributed by atoms with E-state index in [2.05, 4.69) is 35.3 Å². The lowest BCUT2D eigenvalue weighted by molar-refractivity contribution is 0.262. The molecule has 2 rings (SSSR count). The van der Waals surface area contributed by atoms with Crippen LogP contribution in [0.2, 0.25) is 0 Å². The van der Waals surface area contributed by atoms with Gasteiger partial charge in [-0.15, -0.1) is 0 Å². The highest BCUT2D eigenvalue weighted by molar-refractivity contribution is 5.60. The molecule has 0 aromatic heterocycles. The van der Waals surface area contributed by atoms with Crippen LogP contribution in [0.3, 0.4) is 0 Å². The predicted octanol–water partition coefficient (Wildman–Crippen LogP) is 2.94. The second kappa shape index (κ2) is 9.01. The number of rotatable bonds is 8. The van der Waals surface area contributed by atoms with E-state index in [-0.39, 0.29) is 6.61 Å². The lowest BCUT2D eigenvalue weighted by atomic mass is 9.98. The quantitative estimate of drug-likeness (QED) is 0.725. The summed E-state index contributed by atoms with van der Waals surface area (Å²) < 4.78 is 5.64. The summed E-state index contributed by atoms with van der Waals surface area (Å²) in [6.45, 7) is 5.39. The first-order valence-electron chi connectivity index (χ1n) is 8.55. The number of hydrogen-bond acceptors (Lipinski definition) is 4. The highest BCUT2D eigenvalue weighted by atomic mass is 16.5. The van der Waals surface area contributed by atoms with Gasteiger partial charge in [0.25, 0.3) is 0 Å². The molecule has 2 N–H and O–H groups in total. The van der Waals surface area contributed by atoms with Gasteiger partial charge in [0, 0.05) is 25.7 Å². The topological polar surface area (TPSA) is 44.7 Å². The van der Waals surface area contributed by atoms with Crippen molar-refractivity contribution >= 4 is 5.69 Å². The number of nitrogens with one attached hydrogen (secondary N) is 1. The second-order valence-corrected chi connectivity index (χ2v) is 6.04. The predicted molar refractivity (Wildman–Crippen MR) is 91.7 cm³/mol. The van der Waals surface area contributed by atoms with Gasteiger partial charge in [-0.05, 0) is 56.3 Å². The molecule has 1 aromatic carbocycles. The van der Waals surface area contributed by atoms with E-state index in [1.165, 1.54) is 24.1 Å². The maximum atomic E-state index is 9.31. The van der Waals surface area contributed by atoms with Gasteiger partial charge < -0.3 is 20.1 Å². The number of methoxy groups -OCH3 is 1. The summed E-state index contributed by atoms with van der Waals surface area (Å²) in [6, 6.07) is 6.93. The number of hydrogen-bond donors (Lipinski definition) is 2. The number of aliphatic hydroxyl groups is 1.